The molecule has 0 spiro atoms. The van der Waals surface area contributed by atoms with Gasteiger partial charge in [0.1, 0.15) is 10.7 Å². The van der Waals surface area contributed by atoms with Crippen LogP contribution in [-0.4, -0.2) is 51.6 Å². The van der Waals surface area contributed by atoms with Crippen LogP contribution in [0.25, 0.3) is 0 Å². The van der Waals surface area contributed by atoms with Crippen molar-refractivity contribution in [3.63, 3.8) is 0 Å². The zero-order valence-electron chi connectivity index (χ0n) is 16.4. The molecule has 2 aromatic heterocycles. The second-order valence-electron chi connectivity index (χ2n) is 7.71. The molecule has 146 valence electrons. The molecule has 0 bridgehead atoms. The molecule has 0 aliphatic carbocycles. The van der Waals surface area contributed by atoms with E-state index in [0.29, 0.717) is 12.0 Å². The molecular weight excluding hydrogens is 360 g/mol. The maximum Gasteiger partial charge on any atom is 0.265 e. The van der Waals surface area contributed by atoms with Crippen LogP contribution >= 0.6 is 11.3 Å². The molecule has 0 N–H and O–H groups in total. The molecule has 27 heavy (non-hydrogen) atoms. The summed E-state index contributed by atoms with van der Waals surface area (Å²) in [6.45, 7) is 9.23. The molecule has 1 amide bonds. The smallest absolute Gasteiger partial charge is 0.265 e. The van der Waals surface area contributed by atoms with E-state index in [1.54, 1.807) is 0 Å². The number of carbonyl (C=O) groups excluding carboxylic acids is 1. The van der Waals surface area contributed by atoms with Crippen LogP contribution in [-0.2, 0) is 4.74 Å². The lowest BCUT2D eigenvalue weighted by atomic mass is 9.97. The van der Waals surface area contributed by atoms with E-state index >= 15 is 0 Å². The van der Waals surface area contributed by atoms with Gasteiger partial charge in [0.2, 0.25) is 0 Å². The fourth-order valence-electron chi connectivity index (χ4n) is 4.42. The van der Waals surface area contributed by atoms with E-state index in [-0.39, 0.29) is 5.91 Å². The Morgan fingerprint density at radius 3 is 2.70 bits per heavy atom. The van der Waals surface area contributed by atoms with Crippen molar-refractivity contribution in [2.75, 3.05) is 26.3 Å². The number of aryl methyl sites for hydroxylation is 3. The first-order chi connectivity index (χ1) is 13.0. The maximum absolute atomic E-state index is 13.1. The normalized spacial score (nSPS) is 21.6. The Labute approximate surface area is 164 Å². The number of hydrogen-bond donors (Lipinski definition) is 0. The number of amides is 1. The fourth-order valence-corrected chi connectivity index (χ4v) is 5.31. The topological polar surface area (TPSA) is 60.2 Å². The average Bonchev–Trinajstić information content (AvgIpc) is 3.23. The average molecular weight is 389 g/mol. The van der Waals surface area contributed by atoms with Crippen LogP contribution in [0.4, 0.5) is 0 Å². The van der Waals surface area contributed by atoms with Gasteiger partial charge in [0, 0.05) is 44.1 Å². The first-order valence-corrected chi connectivity index (χ1v) is 10.7. The summed E-state index contributed by atoms with van der Waals surface area (Å²) in [5, 5.41) is 0.955. The van der Waals surface area contributed by atoms with Crippen molar-refractivity contribution in [2.45, 2.75) is 58.4 Å². The van der Waals surface area contributed by atoms with E-state index in [1.807, 2.05) is 24.9 Å². The lowest BCUT2D eigenvalue weighted by Gasteiger charge is -2.35. The van der Waals surface area contributed by atoms with Gasteiger partial charge in [0.25, 0.3) is 5.91 Å². The molecular formula is C20H28N4O2S. The number of likely N-dealkylation sites (tertiary alicyclic amines) is 1. The van der Waals surface area contributed by atoms with E-state index in [4.69, 9.17) is 9.72 Å². The Morgan fingerprint density at radius 2 is 2.00 bits per heavy atom. The Kier molecular flexibility index (Phi) is 5.32. The Hall–Kier alpha value is -1.73. The third kappa shape index (κ3) is 3.67. The fraction of sp³-hybridized carbons (Fsp3) is 0.650. The number of aromatic nitrogens is 3. The van der Waals surface area contributed by atoms with Gasteiger partial charge in [-0.15, -0.1) is 11.3 Å². The second kappa shape index (κ2) is 7.72. The monoisotopic (exact) mass is 388 g/mol. The number of imidazole rings is 1. The van der Waals surface area contributed by atoms with Gasteiger partial charge in [-0.3, -0.25) is 4.79 Å². The minimum Gasteiger partial charge on any atom is -0.381 e. The molecule has 4 rings (SSSR count). The molecule has 0 radical (unpaired) electrons. The largest absolute Gasteiger partial charge is 0.381 e. The van der Waals surface area contributed by atoms with Crippen LogP contribution in [0.15, 0.2) is 6.20 Å². The van der Waals surface area contributed by atoms with Gasteiger partial charge in [0.05, 0.1) is 16.7 Å². The SMILES string of the molecule is Cc1nc(C)c(C(=O)N2CCCC(n3c(C)cnc3C3CCOCC3)C2)s1. The first-order valence-electron chi connectivity index (χ1n) is 9.89. The molecule has 2 fully saturated rings. The molecule has 1 unspecified atom stereocenters. The molecule has 1 atom stereocenters. The molecule has 2 aromatic rings. The predicted octanol–water partition coefficient (Wildman–Crippen LogP) is 3.64. The van der Waals surface area contributed by atoms with Crippen molar-refractivity contribution in [2.24, 2.45) is 0 Å². The summed E-state index contributed by atoms with van der Waals surface area (Å²) < 4.78 is 7.93. The van der Waals surface area contributed by atoms with Crippen LogP contribution in [0, 0.1) is 20.8 Å². The van der Waals surface area contributed by atoms with E-state index in [2.05, 4.69) is 16.5 Å². The van der Waals surface area contributed by atoms with Crippen molar-refractivity contribution in [3.05, 3.63) is 33.3 Å². The molecule has 6 nitrogen and oxygen atoms in total. The van der Waals surface area contributed by atoms with Gasteiger partial charge in [-0.05, 0) is 46.5 Å². The highest BCUT2D eigenvalue weighted by Gasteiger charge is 2.31. The number of carbonyl (C=O) groups is 1. The highest BCUT2D eigenvalue weighted by atomic mass is 32.1. The number of thiazole rings is 1. The molecule has 4 heterocycles. The summed E-state index contributed by atoms with van der Waals surface area (Å²) in [4.78, 5) is 25.1. The predicted molar refractivity (Wildman–Crippen MR) is 106 cm³/mol. The van der Waals surface area contributed by atoms with Crippen molar-refractivity contribution >= 4 is 17.2 Å². The molecule has 2 aliphatic heterocycles. The van der Waals surface area contributed by atoms with E-state index in [0.717, 1.165) is 67.6 Å². The summed E-state index contributed by atoms with van der Waals surface area (Å²) in [5.41, 5.74) is 2.05. The molecule has 2 aliphatic rings. The number of ether oxygens (including phenoxy) is 1. The van der Waals surface area contributed by atoms with Crippen LogP contribution < -0.4 is 0 Å². The van der Waals surface area contributed by atoms with Gasteiger partial charge in [-0.1, -0.05) is 0 Å². The summed E-state index contributed by atoms with van der Waals surface area (Å²) >= 11 is 1.51. The minimum absolute atomic E-state index is 0.133. The highest BCUT2D eigenvalue weighted by molar-refractivity contribution is 7.13. The zero-order chi connectivity index (χ0) is 19.0. The van der Waals surface area contributed by atoms with Crippen LogP contribution in [0.1, 0.15) is 69.5 Å². The van der Waals surface area contributed by atoms with Gasteiger partial charge in [-0.25, -0.2) is 9.97 Å². The third-order valence-electron chi connectivity index (χ3n) is 5.74. The number of hydrogen-bond acceptors (Lipinski definition) is 5. The quantitative estimate of drug-likeness (QED) is 0.805. The van der Waals surface area contributed by atoms with Crippen LogP contribution in [0.3, 0.4) is 0 Å². The van der Waals surface area contributed by atoms with E-state index in [9.17, 15) is 4.79 Å². The Balaban J connectivity index is 1.56. The molecule has 2 saturated heterocycles. The highest BCUT2D eigenvalue weighted by Crippen LogP contribution is 2.33. The Morgan fingerprint density at radius 1 is 1.22 bits per heavy atom. The van der Waals surface area contributed by atoms with Crippen LogP contribution in [0.5, 0.6) is 0 Å². The van der Waals surface area contributed by atoms with Crippen molar-refractivity contribution in [3.8, 4) is 0 Å². The first kappa shape index (κ1) is 18.6. The summed E-state index contributed by atoms with van der Waals surface area (Å²) in [5.74, 6) is 1.78. The summed E-state index contributed by atoms with van der Waals surface area (Å²) in [6.07, 6.45) is 6.18. The molecule has 7 heteroatoms. The Bertz CT molecular complexity index is 822. The lowest BCUT2D eigenvalue weighted by molar-refractivity contribution is 0.0670. The minimum atomic E-state index is 0.133. The number of piperidine rings is 1. The maximum atomic E-state index is 13.1. The lowest BCUT2D eigenvalue weighted by Crippen LogP contribution is -2.41. The molecule has 0 aromatic carbocycles. The van der Waals surface area contributed by atoms with E-state index in [1.165, 1.54) is 22.9 Å². The van der Waals surface area contributed by atoms with Crippen molar-refractivity contribution < 1.29 is 9.53 Å². The third-order valence-corrected chi connectivity index (χ3v) is 6.80. The summed E-state index contributed by atoms with van der Waals surface area (Å²) in [7, 11) is 0. The second-order valence-corrected chi connectivity index (χ2v) is 8.91. The number of nitrogens with zero attached hydrogens (tertiary/aromatic N) is 4. The molecule has 0 saturated carbocycles. The van der Waals surface area contributed by atoms with Gasteiger partial charge in [0.15, 0.2) is 0 Å². The van der Waals surface area contributed by atoms with Gasteiger partial charge in [-0.2, -0.15) is 0 Å². The van der Waals surface area contributed by atoms with E-state index < -0.39 is 0 Å². The standard InChI is InChI=1S/C20H28N4O2S/c1-13-11-21-19(16-6-9-26-10-7-16)24(13)17-5-4-8-23(12-17)20(25)18-14(2)22-15(3)27-18/h11,16-17H,4-10,12H2,1-3H3. The van der Waals surface area contributed by atoms with Gasteiger partial charge < -0.3 is 14.2 Å². The van der Waals surface area contributed by atoms with Crippen molar-refractivity contribution in [1.29, 1.82) is 0 Å². The summed E-state index contributed by atoms with van der Waals surface area (Å²) in [6, 6.07) is 0.303. The van der Waals surface area contributed by atoms with Gasteiger partial charge >= 0.3 is 0 Å². The zero-order valence-corrected chi connectivity index (χ0v) is 17.2. The van der Waals surface area contributed by atoms with Crippen LogP contribution in [0.2, 0.25) is 0 Å². The number of rotatable bonds is 3. The van der Waals surface area contributed by atoms with Crippen molar-refractivity contribution in [1.82, 2.24) is 19.4 Å².